The second-order valence-electron chi connectivity index (χ2n) is 34.2. The number of cyclic esters (lactones) is 1. The van der Waals surface area contributed by atoms with Gasteiger partial charge in [-0.15, -0.1) is 0 Å². The molecule has 5 aliphatic rings. The number of allylic oxidation sites excluding steroid dienone is 6. The molecule has 3 fully saturated rings. The molecule has 4 amide bonds. The lowest BCUT2D eigenvalue weighted by molar-refractivity contribution is -0.265. The molecule has 15 atom stereocenters. The van der Waals surface area contributed by atoms with Crippen LogP contribution >= 0.6 is 0 Å². The summed E-state index contributed by atoms with van der Waals surface area (Å²) in [7, 11) is 0.403. The molecule has 0 spiro atoms. The van der Waals surface area contributed by atoms with Gasteiger partial charge in [0.2, 0.25) is 11.7 Å². The molecule has 1 saturated carbocycles. The summed E-state index contributed by atoms with van der Waals surface area (Å²) in [5.74, 6) is -8.35. The molecule has 1 aromatic heterocycles. The fourth-order valence-corrected chi connectivity index (χ4v) is 18.1. The van der Waals surface area contributed by atoms with E-state index in [4.69, 9.17) is 76.8 Å². The number of carbonyl (C=O) groups is 7. The monoisotopic (exact) mass is 1830 g/mol. The Morgan fingerprint density at radius 1 is 0.682 bits per heavy atom. The first kappa shape index (κ1) is 106. The van der Waals surface area contributed by atoms with E-state index in [1.54, 1.807) is 40.3 Å². The van der Waals surface area contributed by atoms with Crippen molar-refractivity contribution in [1.82, 2.24) is 25.4 Å². The van der Waals surface area contributed by atoms with E-state index in [2.05, 4.69) is 15.6 Å². The number of nitrogens with one attached hydrogen (secondary N) is 2. The number of amides is 4. The molecule has 0 radical (unpaired) electrons. The fraction of sp³-hybridized carbons (Fsp3) is 0.663. The van der Waals surface area contributed by atoms with Crippen LogP contribution in [0.25, 0.3) is 11.1 Å². The average molecular weight is 1830 g/mol. The Balaban J connectivity index is 0.639. The molecule has 6 N–H and O–H groups in total. The van der Waals surface area contributed by atoms with Gasteiger partial charge < -0.3 is 107 Å². The number of pyridine rings is 1. The third kappa shape index (κ3) is 33.9. The zero-order valence-electron chi connectivity index (χ0n) is 77.2. The molecule has 129 heavy (non-hydrogen) atoms. The van der Waals surface area contributed by atoms with Crippen LogP contribution in [0.3, 0.4) is 0 Å². The first-order valence-corrected chi connectivity index (χ1v) is 47.2. The van der Waals surface area contributed by atoms with Crippen molar-refractivity contribution in [2.24, 2.45) is 35.5 Å². The standard InChI is InChI=1S/C95H141FN6O26S/c1-63-17-13-12-14-18-65(3)81(114-9)60-75-25-21-69(7)95(111,128-75)90(106)92(108)102-35-16-15-19-77(102)93(109)126-78(27-20-64(2)56-68(6)88(105)89(116-11)87(104)67(5)55-63)66(4)57-71-22-28-80(82(58-71)115-10)127-94(110)99-33-38-118-41-43-120-45-47-122-49-51-124-53-52-123-50-48-121-46-44-119-42-40-117-37-32-85(103)98-34-54-129(112,113)83-30-26-76(70(8)86(83)96)91(107)101-36-39-125-79-29-23-72(59-74(79)62-101)73-24-31-84(97)100-61-73/h12-14,17-18,23-24,26,29-31,56,59,61,63-64,66-67,69,71,75,77-78,80-82,88-89,105,111H,15-16,19-22,25,27-28,32-55,57-58,60,62H2,1-11H3,(H2,97,100)(H,98,103)(H,99,110)/b14-12+,17-13+,65-18+,68-56+/t63-,64+,66-,67-,69-,71+,75+,77+,78+,80-,81+,82-,88-,89+,95-/m1/s1. The summed E-state index contributed by atoms with van der Waals surface area (Å²) < 4.78 is 129. The summed E-state index contributed by atoms with van der Waals surface area (Å²) in [5.41, 5.74) is 9.52. The predicted octanol–water partition coefficient (Wildman–Crippen LogP) is 9.98. The lowest BCUT2D eigenvalue weighted by atomic mass is 9.78. The average Bonchev–Trinajstić information content (AvgIpc) is 1.73. The summed E-state index contributed by atoms with van der Waals surface area (Å²) in [6.07, 6.45) is 14.0. The number of nitrogens with zero attached hydrogens (tertiary/aromatic N) is 3. The first-order valence-electron chi connectivity index (χ1n) is 45.5. The van der Waals surface area contributed by atoms with E-state index < -0.39 is 128 Å². The van der Waals surface area contributed by atoms with Gasteiger partial charge in [0.15, 0.2) is 15.6 Å². The van der Waals surface area contributed by atoms with Gasteiger partial charge in [-0.1, -0.05) is 77.1 Å². The van der Waals surface area contributed by atoms with Crippen molar-refractivity contribution in [2.45, 2.75) is 211 Å². The molecule has 4 aliphatic heterocycles. The molecule has 2 bridgehead atoms. The highest BCUT2D eigenvalue weighted by Crippen LogP contribution is 2.40. The third-order valence-electron chi connectivity index (χ3n) is 24.4. The first-order chi connectivity index (χ1) is 62.0. The number of sulfone groups is 1. The maximum absolute atomic E-state index is 15.8. The molecule has 5 heterocycles. The Labute approximate surface area is 760 Å². The number of rotatable bonds is 40. The van der Waals surface area contributed by atoms with Crippen molar-refractivity contribution in [3.63, 3.8) is 0 Å². The van der Waals surface area contributed by atoms with Crippen molar-refractivity contribution >= 4 is 57.0 Å². The zero-order valence-corrected chi connectivity index (χ0v) is 78.0. The van der Waals surface area contributed by atoms with E-state index in [9.17, 15) is 52.2 Å². The number of halogens is 1. The number of ether oxygens (including phenoxy) is 15. The smallest absolute Gasteiger partial charge is 0.407 e. The summed E-state index contributed by atoms with van der Waals surface area (Å²) >= 11 is 0. The number of alkyl carbamates (subject to hydrolysis) is 1. The topological polar surface area (TPSA) is 402 Å². The van der Waals surface area contributed by atoms with Crippen molar-refractivity contribution in [1.29, 1.82) is 0 Å². The van der Waals surface area contributed by atoms with E-state index in [-0.39, 0.29) is 119 Å². The normalized spacial score (nSPS) is 26.7. The van der Waals surface area contributed by atoms with Crippen LogP contribution in [0.1, 0.15) is 160 Å². The number of aromatic nitrogens is 1. The maximum atomic E-state index is 15.8. The van der Waals surface area contributed by atoms with E-state index >= 15 is 4.39 Å². The number of piperidine rings is 1. The molecule has 1 aliphatic carbocycles. The number of ketones is 2. The highest BCUT2D eigenvalue weighted by molar-refractivity contribution is 7.91. The molecule has 0 unspecified atom stereocenters. The van der Waals surface area contributed by atoms with Gasteiger partial charge in [0, 0.05) is 95.1 Å². The number of Topliss-reactive ketones (excluding diaryl/α,β-unsaturated/α-hetero) is 2. The number of esters is 1. The van der Waals surface area contributed by atoms with Crippen LogP contribution in [0.15, 0.2) is 101 Å². The summed E-state index contributed by atoms with van der Waals surface area (Å²) in [6, 6.07) is 10.4. The third-order valence-corrected chi connectivity index (χ3v) is 26.1. The Kier molecular flexibility index (Phi) is 45.7. The number of nitrogens with two attached hydrogens (primary N) is 1. The number of nitrogen functional groups attached to an aromatic ring is 1. The minimum Gasteiger partial charge on any atom is -0.491 e. The van der Waals surface area contributed by atoms with Gasteiger partial charge in [0.25, 0.3) is 17.6 Å². The SMILES string of the molecule is CO[C@H]1C[C@@H]2CC[C@@H](C)[C@@](O)(O2)C(=O)C(=O)N2CCCC[C@H]2C(=O)O[C@H]([C@H](C)C[C@@H]2CC[C@@H](OC(=O)NCCOCCOCCOCCOCCOCCOCCOCCOCCC(=O)NCCS(=O)(=O)c3ccc(C(=O)N4CCOc5ccc(-c6ccc(N)nc6)cc5C4)c(C)c3F)[C@H](OC)C2)CC[C@H](C)/C=C(\C)[C@@H](O)[C@@H](OC)C(=O)[C@H](C)C[C@H](C)/C=C/C=C/C=C/1C. The zero-order chi connectivity index (χ0) is 93.4. The maximum Gasteiger partial charge on any atom is 0.407 e. The quantitative estimate of drug-likeness (QED) is 0.0153. The van der Waals surface area contributed by atoms with Crippen LogP contribution in [0.2, 0.25) is 0 Å². The van der Waals surface area contributed by atoms with Gasteiger partial charge >= 0.3 is 12.1 Å². The van der Waals surface area contributed by atoms with Crippen LogP contribution in [0.4, 0.5) is 15.0 Å². The number of benzene rings is 2. The minimum atomic E-state index is -4.19. The van der Waals surface area contributed by atoms with E-state index in [1.807, 2.05) is 95.3 Å². The van der Waals surface area contributed by atoms with Gasteiger partial charge in [-0.3, -0.25) is 24.0 Å². The number of carbonyl (C=O) groups excluding carboxylic acids is 7. The van der Waals surface area contributed by atoms with Gasteiger partial charge in [-0.25, -0.2) is 27.4 Å². The second kappa shape index (κ2) is 55.5. The second-order valence-corrected chi connectivity index (χ2v) is 36.3. The van der Waals surface area contributed by atoms with Crippen molar-refractivity contribution in [2.75, 3.05) is 171 Å². The molecule has 3 aromatic rings. The lowest BCUT2D eigenvalue weighted by Gasteiger charge is -2.42. The van der Waals surface area contributed by atoms with Gasteiger partial charge in [-0.05, 0) is 180 Å². The Morgan fingerprint density at radius 3 is 1.97 bits per heavy atom. The Bertz CT molecular complexity index is 4270. The highest BCUT2D eigenvalue weighted by Gasteiger charge is 2.53. The van der Waals surface area contributed by atoms with Gasteiger partial charge in [0.05, 0.1) is 136 Å². The van der Waals surface area contributed by atoms with Crippen LogP contribution in [-0.2, 0) is 107 Å². The summed E-state index contributed by atoms with van der Waals surface area (Å²) in [4.78, 5) is 103. The number of hydrogen-bond donors (Lipinski definition) is 5. The van der Waals surface area contributed by atoms with Gasteiger partial charge in [0.1, 0.15) is 59.3 Å². The fourth-order valence-electron chi connectivity index (χ4n) is 16.8. The summed E-state index contributed by atoms with van der Waals surface area (Å²) in [6.45, 7) is 20.2. The van der Waals surface area contributed by atoms with Crippen molar-refractivity contribution < 1.29 is 128 Å². The Morgan fingerprint density at radius 2 is 1.33 bits per heavy atom. The highest BCUT2D eigenvalue weighted by atomic mass is 32.2. The molecule has 2 aromatic carbocycles. The molecule has 32 nitrogen and oxygen atoms in total. The van der Waals surface area contributed by atoms with E-state index in [1.165, 1.54) is 29.9 Å². The van der Waals surface area contributed by atoms with E-state index in [0.717, 1.165) is 28.3 Å². The van der Waals surface area contributed by atoms with Crippen LogP contribution in [-0.4, -0.2) is 295 Å². The number of aliphatic hydroxyl groups is 2. The lowest BCUT2D eigenvalue weighted by Crippen LogP contribution is -2.61. The number of aliphatic hydroxyl groups excluding tert-OH is 1. The van der Waals surface area contributed by atoms with Crippen LogP contribution in [0.5, 0.6) is 5.75 Å². The number of methoxy groups -OCH3 is 3. The molecule has 720 valence electrons. The van der Waals surface area contributed by atoms with Crippen LogP contribution < -0.4 is 21.1 Å². The summed E-state index contributed by atoms with van der Waals surface area (Å²) in [5, 5.41) is 29.1. The van der Waals surface area contributed by atoms with E-state index in [0.29, 0.717) is 173 Å². The van der Waals surface area contributed by atoms with Crippen molar-refractivity contribution in [3.8, 4) is 16.9 Å². The Hall–Kier alpha value is -8.04. The largest absolute Gasteiger partial charge is 0.491 e. The minimum absolute atomic E-state index is 0.0229. The molecular weight excluding hydrogens is 1690 g/mol. The number of anilines is 1. The molecule has 34 heteroatoms. The molecular formula is C95H141FN6O26S. The van der Waals surface area contributed by atoms with Crippen molar-refractivity contribution in [3.05, 3.63) is 119 Å². The molecule has 8 rings (SSSR count). The predicted molar refractivity (Wildman–Crippen MR) is 479 cm³/mol. The molecule has 2 saturated heterocycles. The number of hydrogen-bond acceptors (Lipinski definition) is 28. The van der Waals surface area contributed by atoms with Gasteiger partial charge in [-0.2, -0.15) is 0 Å². The number of fused-ring (bicyclic) bond motifs is 4. The van der Waals surface area contributed by atoms with Crippen LogP contribution in [0, 0.1) is 48.2 Å².